The van der Waals surface area contributed by atoms with Gasteiger partial charge in [-0.2, -0.15) is 0 Å². The lowest BCUT2D eigenvalue weighted by atomic mass is 9.67. The van der Waals surface area contributed by atoms with Gasteiger partial charge < -0.3 is 20.1 Å². The molecular formula is C30H39FN2O2. The smallest absolute Gasteiger partial charge is 0.165 e. The quantitative estimate of drug-likeness (QED) is 0.412. The number of hydrogen-bond acceptors (Lipinski definition) is 4. The van der Waals surface area contributed by atoms with E-state index in [1.807, 2.05) is 13.0 Å². The summed E-state index contributed by atoms with van der Waals surface area (Å²) in [4.78, 5) is 2.48. The zero-order chi connectivity index (χ0) is 24.5. The van der Waals surface area contributed by atoms with Crippen molar-refractivity contribution < 1.29 is 14.2 Å². The Balaban J connectivity index is 1.22. The highest BCUT2D eigenvalue weighted by Gasteiger charge is 2.45. The summed E-state index contributed by atoms with van der Waals surface area (Å²) in [6, 6.07) is 16.4. The van der Waals surface area contributed by atoms with E-state index in [0.29, 0.717) is 30.1 Å². The molecule has 1 unspecified atom stereocenters. The van der Waals surface area contributed by atoms with Crippen LogP contribution >= 0.6 is 0 Å². The molecule has 2 aromatic rings. The maximum absolute atomic E-state index is 14.5. The second-order valence-electron chi connectivity index (χ2n) is 11.3. The maximum Gasteiger partial charge on any atom is 0.165 e. The van der Waals surface area contributed by atoms with Crippen LogP contribution < -0.4 is 10.1 Å². The van der Waals surface area contributed by atoms with E-state index in [4.69, 9.17) is 4.74 Å². The van der Waals surface area contributed by atoms with E-state index < -0.39 is 0 Å². The second kappa shape index (κ2) is 9.94. The third kappa shape index (κ3) is 5.41. The molecule has 0 bridgehead atoms. The Labute approximate surface area is 209 Å². The molecule has 35 heavy (non-hydrogen) atoms. The van der Waals surface area contributed by atoms with Crippen molar-refractivity contribution in [1.29, 1.82) is 0 Å². The molecule has 2 aliphatic carbocycles. The largest absolute Gasteiger partial charge is 0.512 e. The van der Waals surface area contributed by atoms with Gasteiger partial charge in [-0.1, -0.05) is 49.4 Å². The molecule has 3 fully saturated rings. The van der Waals surface area contributed by atoms with E-state index in [9.17, 15) is 9.50 Å². The zero-order valence-corrected chi connectivity index (χ0v) is 20.9. The molecule has 1 saturated heterocycles. The van der Waals surface area contributed by atoms with Crippen LogP contribution in [0.15, 0.2) is 60.9 Å². The summed E-state index contributed by atoms with van der Waals surface area (Å²) < 4.78 is 20.6. The minimum atomic E-state index is -0.287. The molecule has 2 aromatic carbocycles. The number of rotatable bonds is 10. The van der Waals surface area contributed by atoms with Gasteiger partial charge in [0, 0.05) is 35.9 Å². The minimum absolute atomic E-state index is 0.0410. The normalized spacial score (nSPS) is 25.0. The first-order valence-corrected chi connectivity index (χ1v) is 13.2. The van der Waals surface area contributed by atoms with Gasteiger partial charge in [-0.05, 0) is 75.4 Å². The fourth-order valence-corrected chi connectivity index (χ4v) is 5.92. The van der Waals surface area contributed by atoms with Crippen molar-refractivity contribution in [1.82, 2.24) is 10.2 Å². The van der Waals surface area contributed by atoms with Crippen LogP contribution in [0.3, 0.4) is 0 Å². The summed E-state index contributed by atoms with van der Waals surface area (Å²) in [6.45, 7) is 9.96. The Morgan fingerprint density at radius 3 is 2.51 bits per heavy atom. The number of likely N-dealkylation sites (tertiary alicyclic amines) is 1. The first-order chi connectivity index (χ1) is 16.9. The zero-order valence-electron chi connectivity index (χ0n) is 20.9. The molecule has 1 heterocycles. The Kier molecular flexibility index (Phi) is 6.91. The van der Waals surface area contributed by atoms with Crippen LogP contribution in [0.1, 0.15) is 55.6 Å². The Hall–Kier alpha value is -2.37. The van der Waals surface area contributed by atoms with E-state index >= 15 is 0 Å². The number of piperidine rings is 1. The van der Waals surface area contributed by atoms with E-state index in [2.05, 4.69) is 47.1 Å². The summed E-state index contributed by atoms with van der Waals surface area (Å²) >= 11 is 0. The predicted octanol–water partition coefficient (Wildman–Crippen LogP) is 5.98. The van der Waals surface area contributed by atoms with Gasteiger partial charge in [0.25, 0.3) is 0 Å². The van der Waals surface area contributed by atoms with Gasteiger partial charge in [-0.15, -0.1) is 0 Å². The summed E-state index contributed by atoms with van der Waals surface area (Å²) in [6.07, 6.45) is 6.38. The number of aryl methyl sites for hydroxylation is 1. The van der Waals surface area contributed by atoms with Gasteiger partial charge in [0.15, 0.2) is 11.6 Å². The average Bonchev–Trinajstić information content (AvgIpc) is 3.61. The number of benzene rings is 2. The predicted molar refractivity (Wildman–Crippen MR) is 138 cm³/mol. The van der Waals surface area contributed by atoms with Gasteiger partial charge in [0.05, 0.1) is 12.4 Å². The number of halogens is 1. The van der Waals surface area contributed by atoms with Crippen LogP contribution in [0.2, 0.25) is 0 Å². The van der Waals surface area contributed by atoms with Crippen molar-refractivity contribution >= 4 is 0 Å². The highest BCUT2D eigenvalue weighted by Crippen LogP contribution is 2.47. The molecule has 0 radical (unpaired) electrons. The van der Waals surface area contributed by atoms with Crippen LogP contribution in [0.4, 0.5) is 4.39 Å². The first kappa shape index (κ1) is 24.3. The van der Waals surface area contributed by atoms with Crippen LogP contribution in [-0.4, -0.2) is 48.8 Å². The van der Waals surface area contributed by atoms with E-state index in [1.54, 1.807) is 6.07 Å². The molecular weight excluding hydrogens is 439 g/mol. The number of nitrogens with zero attached hydrogens (tertiary/aromatic N) is 1. The fourth-order valence-electron chi connectivity index (χ4n) is 5.92. The molecule has 2 saturated carbocycles. The molecule has 0 amide bonds. The molecule has 2 N–H and O–H groups in total. The Morgan fingerprint density at radius 1 is 1.14 bits per heavy atom. The third-order valence-corrected chi connectivity index (χ3v) is 8.74. The standard InChI is InChI=1S/C30H39FN2O2/c1-22-9-10-28(26(31)17-22)35-21-29(19-32-27-18-25(27)24-7-4-3-5-8-24)13-15-33(16-14-29)20-30(23(2)34)11-6-12-30/h3-5,7-10,17,25,27,32,34H,2,6,11-16,18-21H2,1H3/t25?,27-/m1/s1. The third-order valence-electron chi connectivity index (χ3n) is 8.74. The van der Waals surface area contributed by atoms with Crippen LogP contribution in [0, 0.1) is 23.6 Å². The summed E-state index contributed by atoms with van der Waals surface area (Å²) in [5.41, 5.74) is 2.15. The van der Waals surface area contributed by atoms with E-state index in [0.717, 1.165) is 57.4 Å². The summed E-state index contributed by atoms with van der Waals surface area (Å²) in [7, 11) is 0. The van der Waals surface area contributed by atoms with E-state index in [1.165, 1.54) is 24.5 Å². The minimum Gasteiger partial charge on any atom is -0.512 e. The summed E-state index contributed by atoms with van der Waals surface area (Å²) in [5.74, 6) is 0.986. The Bertz CT molecular complexity index is 1030. The summed E-state index contributed by atoms with van der Waals surface area (Å²) in [5, 5.41) is 14.0. The molecule has 3 aliphatic rings. The van der Waals surface area contributed by atoms with Gasteiger partial charge in [-0.3, -0.25) is 0 Å². The monoisotopic (exact) mass is 478 g/mol. The van der Waals surface area contributed by atoms with Gasteiger partial charge in [0.1, 0.15) is 0 Å². The van der Waals surface area contributed by atoms with Crippen molar-refractivity contribution in [3.63, 3.8) is 0 Å². The van der Waals surface area contributed by atoms with Crippen LogP contribution in [-0.2, 0) is 0 Å². The lowest BCUT2D eigenvalue weighted by Gasteiger charge is -2.48. The fraction of sp³-hybridized carbons (Fsp3) is 0.533. The average molecular weight is 479 g/mol. The molecule has 2 atom stereocenters. The van der Waals surface area contributed by atoms with Crippen molar-refractivity contribution in [2.45, 2.75) is 57.4 Å². The number of ether oxygens (including phenoxy) is 1. The molecule has 188 valence electrons. The SMILES string of the molecule is C=C(O)C1(CN2CCC(CN[C@@H]3CC3c3ccccc3)(COc3ccc(C)cc3F)CC2)CCC1. The molecule has 0 spiro atoms. The van der Waals surface area contributed by atoms with Crippen LogP contribution in [0.5, 0.6) is 5.75 Å². The molecule has 4 nitrogen and oxygen atoms in total. The van der Waals surface area contributed by atoms with Gasteiger partial charge in [0.2, 0.25) is 0 Å². The lowest BCUT2D eigenvalue weighted by Crippen LogP contribution is -2.52. The second-order valence-corrected chi connectivity index (χ2v) is 11.3. The van der Waals surface area contributed by atoms with Crippen molar-refractivity contribution in [3.05, 3.63) is 77.8 Å². The van der Waals surface area contributed by atoms with Crippen molar-refractivity contribution in [2.24, 2.45) is 10.8 Å². The van der Waals surface area contributed by atoms with Gasteiger partial charge >= 0.3 is 0 Å². The molecule has 1 aliphatic heterocycles. The van der Waals surface area contributed by atoms with Crippen molar-refractivity contribution in [3.8, 4) is 5.75 Å². The van der Waals surface area contributed by atoms with Gasteiger partial charge in [-0.25, -0.2) is 4.39 Å². The Morgan fingerprint density at radius 2 is 1.89 bits per heavy atom. The topological polar surface area (TPSA) is 44.7 Å². The maximum atomic E-state index is 14.5. The molecule has 5 heteroatoms. The van der Waals surface area contributed by atoms with E-state index in [-0.39, 0.29) is 16.6 Å². The molecule has 5 rings (SSSR count). The first-order valence-electron chi connectivity index (χ1n) is 13.2. The highest BCUT2D eigenvalue weighted by molar-refractivity contribution is 5.29. The number of hydrogen-bond donors (Lipinski definition) is 2. The number of nitrogens with one attached hydrogen (secondary N) is 1. The van der Waals surface area contributed by atoms with Crippen molar-refractivity contribution in [2.75, 3.05) is 32.8 Å². The lowest BCUT2D eigenvalue weighted by molar-refractivity contribution is 0.00877. The molecule has 0 aromatic heterocycles. The number of aliphatic hydroxyl groups excluding tert-OH is 1. The highest BCUT2D eigenvalue weighted by atomic mass is 19.1. The van der Waals surface area contributed by atoms with Crippen LogP contribution in [0.25, 0.3) is 0 Å². The number of aliphatic hydroxyl groups is 1.